The van der Waals surface area contributed by atoms with E-state index >= 15 is 0 Å². The lowest BCUT2D eigenvalue weighted by Crippen LogP contribution is -2.05. The van der Waals surface area contributed by atoms with Crippen molar-refractivity contribution in [1.29, 1.82) is 0 Å². The molecule has 94 valence electrons. The van der Waals surface area contributed by atoms with E-state index in [1.54, 1.807) is 16.9 Å². The van der Waals surface area contributed by atoms with Crippen molar-refractivity contribution >= 4 is 39.0 Å². The molecule has 1 aliphatic rings. The number of aromatic nitrogens is 2. The monoisotopic (exact) mass is 279 g/mol. The van der Waals surface area contributed by atoms with E-state index in [1.165, 1.54) is 19.3 Å². The van der Waals surface area contributed by atoms with Crippen molar-refractivity contribution < 1.29 is 0 Å². The Bertz CT molecular complexity index is 591. The Morgan fingerprint density at radius 3 is 3.17 bits per heavy atom. The summed E-state index contributed by atoms with van der Waals surface area (Å²) in [6, 6.07) is 2.04. The maximum Gasteiger partial charge on any atom is 0.225 e. The molecule has 2 aromatic heterocycles. The van der Waals surface area contributed by atoms with Gasteiger partial charge >= 0.3 is 0 Å². The van der Waals surface area contributed by atoms with Crippen LogP contribution in [0.3, 0.4) is 0 Å². The Balaban J connectivity index is 1.71. The average Bonchev–Trinajstić information content (AvgIpc) is 2.98. The fourth-order valence-corrected chi connectivity index (χ4v) is 3.25. The van der Waals surface area contributed by atoms with Gasteiger partial charge in [-0.2, -0.15) is 0 Å². The van der Waals surface area contributed by atoms with Crippen LogP contribution in [0.15, 0.2) is 23.1 Å². The maximum atomic E-state index is 5.92. The lowest BCUT2D eigenvalue weighted by Gasteiger charge is -2.07. The van der Waals surface area contributed by atoms with Gasteiger partial charge in [0.2, 0.25) is 5.28 Å². The molecule has 0 saturated heterocycles. The molecule has 0 aromatic carbocycles. The third kappa shape index (κ3) is 2.49. The third-order valence-electron chi connectivity index (χ3n) is 3.17. The smallest absolute Gasteiger partial charge is 0.225 e. The molecular formula is C13H14ClN3S. The van der Waals surface area contributed by atoms with Gasteiger partial charge in [-0.25, -0.2) is 9.97 Å². The Hall–Kier alpha value is -1.13. The van der Waals surface area contributed by atoms with Gasteiger partial charge in [-0.15, -0.1) is 11.3 Å². The molecule has 18 heavy (non-hydrogen) atoms. The zero-order valence-electron chi connectivity index (χ0n) is 9.95. The molecule has 3 rings (SSSR count). The predicted octanol–water partition coefficient (Wildman–Crippen LogP) is 4.26. The normalized spacial score (nSPS) is 15.1. The van der Waals surface area contributed by atoms with Gasteiger partial charge in [-0.3, -0.25) is 0 Å². The Kier molecular flexibility index (Phi) is 3.48. The molecule has 0 saturated carbocycles. The second-order valence-corrected chi connectivity index (χ2v) is 5.64. The van der Waals surface area contributed by atoms with Gasteiger partial charge < -0.3 is 5.32 Å². The summed E-state index contributed by atoms with van der Waals surface area (Å²) in [4.78, 5) is 9.41. The van der Waals surface area contributed by atoms with Crippen LogP contribution in [0.25, 0.3) is 10.2 Å². The zero-order chi connectivity index (χ0) is 12.4. The van der Waals surface area contributed by atoms with Gasteiger partial charge in [0.15, 0.2) is 0 Å². The molecule has 0 spiro atoms. The highest BCUT2D eigenvalue weighted by Crippen LogP contribution is 2.27. The topological polar surface area (TPSA) is 37.8 Å². The number of rotatable bonds is 4. The van der Waals surface area contributed by atoms with E-state index in [-0.39, 0.29) is 0 Å². The lowest BCUT2D eigenvalue weighted by atomic mass is 10.2. The van der Waals surface area contributed by atoms with Crippen molar-refractivity contribution in [3.63, 3.8) is 0 Å². The van der Waals surface area contributed by atoms with Crippen molar-refractivity contribution in [2.24, 2.45) is 0 Å². The Morgan fingerprint density at radius 2 is 2.33 bits per heavy atom. The van der Waals surface area contributed by atoms with Crippen LogP contribution in [0.2, 0.25) is 5.28 Å². The van der Waals surface area contributed by atoms with Gasteiger partial charge in [0, 0.05) is 6.54 Å². The number of nitrogens with zero attached hydrogens (tertiary/aromatic N) is 2. The van der Waals surface area contributed by atoms with Gasteiger partial charge in [-0.05, 0) is 48.7 Å². The molecule has 0 fully saturated rings. The van der Waals surface area contributed by atoms with Crippen LogP contribution in [0.4, 0.5) is 5.82 Å². The molecule has 0 amide bonds. The summed E-state index contributed by atoms with van der Waals surface area (Å²) in [5, 5.41) is 6.76. The summed E-state index contributed by atoms with van der Waals surface area (Å²) in [6.07, 6.45) is 7.25. The highest BCUT2D eigenvalue weighted by Gasteiger charge is 2.08. The van der Waals surface area contributed by atoms with Crippen molar-refractivity contribution in [2.45, 2.75) is 25.7 Å². The van der Waals surface area contributed by atoms with E-state index < -0.39 is 0 Å². The number of fused-ring (bicyclic) bond motifs is 1. The van der Waals surface area contributed by atoms with Crippen molar-refractivity contribution in [3.05, 3.63) is 28.4 Å². The molecule has 1 aliphatic carbocycles. The molecule has 0 radical (unpaired) electrons. The summed E-state index contributed by atoms with van der Waals surface area (Å²) in [5.41, 5.74) is 1.56. The van der Waals surface area contributed by atoms with E-state index in [0.717, 1.165) is 29.0 Å². The number of anilines is 1. The highest BCUT2D eigenvalue weighted by atomic mass is 35.5. The van der Waals surface area contributed by atoms with Crippen LogP contribution in [0.1, 0.15) is 25.7 Å². The van der Waals surface area contributed by atoms with Crippen molar-refractivity contribution in [2.75, 3.05) is 11.9 Å². The number of allylic oxidation sites excluding steroid dienone is 1. The number of nitrogens with one attached hydrogen (secondary N) is 1. The zero-order valence-corrected chi connectivity index (χ0v) is 11.5. The molecule has 1 N–H and O–H groups in total. The Labute approximate surface area is 115 Å². The fraction of sp³-hybridized carbons (Fsp3) is 0.385. The quantitative estimate of drug-likeness (QED) is 0.671. The van der Waals surface area contributed by atoms with Crippen LogP contribution in [0.5, 0.6) is 0 Å². The molecule has 2 heterocycles. The van der Waals surface area contributed by atoms with Crippen LogP contribution < -0.4 is 5.32 Å². The summed E-state index contributed by atoms with van der Waals surface area (Å²) in [6.45, 7) is 0.907. The molecule has 5 heteroatoms. The van der Waals surface area contributed by atoms with Gasteiger partial charge in [0.05, 0.1) is 5.39 Å². The SMILES string of the molecule is Clc1nc(NCCC2=CCCC2)c2ccsc2n1. The van der Waals surface area contributed by atoms with Crippen LogP contribution in [0, 0.1) is 0 Å². The highest BCUT2D eigenvalue weighted by molar-refractivity contribution is 7.16. The molecular weight excluding hydrogens is 266 g/mol. The van der Waals surface area contributed by atoms with E-state index in [4.69, 9.17) is 11.6 Å². The molecule has 0 atom stereocenters. The largest absolute Gasteiger partial charge is 0.369 e. The van der Waals surface area contributed by atoms with Gasteiger partial charge in [0.1, 0.15) is 10.6 Å². The van der Waals surface area contributed by atoms with E-state index in [1.807, 2.05) is 11.4 Å². The molecule has 0 bridgehead atoms. The van der Waals surface area contributed by atoms with E-state index in [0.29, 0.717) is 5.28 Å². The summed E-state index contributed by atoms with van der Waals surface area (Å²) >= 11 is 7.51. The van der Waals surface area contributed by atoms with Crippen molar-refractivity contribution in [3.8, 4) is 0 Å². The number of hydrogen-bond acceptors (Lipinski definition) is 4. The van der Waals surface area contributed by atoms with Crippen LogP contribution in [-0.4, -0.2) is 16.5 Å². The first-order chi connectivity index (χ1) is 8.83. The average molecular weight is 280 g/mol. The lowest BCUT2D eigenvalue weighted by molar-refractivity contribution is 0.862. The standard InChI is InChI=1S/C13H14ClN3S/c14-13-16-11(10-6-8-18-12(10)17-13)15-7-5-9-3-1-2-4-9/h3,6,8H,1-2,4-5,7H2,(H,15,16,17). The summed E-state index contributed by atoms with van der Waals surface area (Å²) < 4.78 is 0. The van der Waals surface area contributed by atoms with E-state index in [2.05, 4.69) is 21.4 Å². The first kappa shape index (κ1) is 11.9. The van der Waals surface area contributed by atoms with Gasteiger partial charge in [-0.1, -0.05) is 11.6 Å². The third-order valence-corrected chi connectivity index (χ3v) is 4.15. The van der Waals surface area contributed by atoms with Gasteiger partial charge in [0.25, 0.3) is 0 Å². The second-order valence-electron chi connectivity index (χ2n) is 4.41. The molecule has 3 nitrogen and oxygen atoms in total. The minimum Gasteiger partial charge on any atom is -0.369 e. The number of thiophene rings is 1. The molecule has 0 aliphatic heterocycles. The van der Waals surface area contributed by atoms with Crippen LogP contribution >= 0.6 is 22.9 Å². The number of hydrogen-bond donors (Lipinski definition) is 1. The minimum absolute atomic E-state index is 0.313. The minimum atomic E-state index is 0.313. The second kappa shape index (κ2) is 5.24. The summed E-state index contributed by atoms with van der Waals surface area (Å²) in [5.74, 6) is 0.852. The molecule has 0 unspecified atom stereocenters. The summed E-state index contributed by atoms with van der Waals surface area (Å²) in [7, 11) is 0. The van der Waals surface area contributed by atoms with Crippen molar-refractivity contribution in [1.82, 2.24) is 9.97 Å². The maximum absolute atomic E-state index is 5.92. The predicted molar refractivity (Wildman–Crippen MR) is 77.5 cm³/mol. The molecule has 2 aromatic rings. The fourth-order valence-electron chi connectivity index (χ4n) is 2.27. The van der Waals surface area contributed by atoms with E-state index in [9.17, 15) is 0 Å². The first-order valence-corrected chi connectivity index (χ1v) is 7.41. The van der Waals surface area contributed by atoms with Crippen LogP contribution in [-0.2, 0) is 0 Å². The Morgan fingerprint density at radius 1 is 1.39 bits per heavy atom. The number of halogens is 1. The first-order valence-electron chi connectivity index (χ1n) is 6.15.